The fourth-order valence-electron chi connectivity index (χ4n) is 3.20. The molecule has 1 atom stereocenters. The van der Waals surface area contributed by atoms with Crippen LogP contribution in [0.1, 0.15) is 48.9 Å². The number of hydrogen-bond donors (Lipinski definition) is 1. The molecule has 1 aromatic carbocycles. The van der Waals surface area contributed by atoms with E-state index in [0.717, 1.165) is 23.9 Å². The minimum absolute atomic E-state index is 0.0527. The number of fused-ring (bicyclic) bond motifs is 1. The molecule has 0 spiro atoms. The van der Waals surface area contributed by atoms with Crippen molar-refractivity contribution >= 4 is 17.0 Å². The smallest absolute Gasteiger partial charge is 0.335 e. The molecule has 1 N–H and O–H groups in total. The molecule has 0 amide bonds. The molecule has 1 aromatic heterocycles. The van der Waals surface area contributed by atoms with Crippen LogP contribution in [0.25, 0.3) is 11.0 Å². The predicted octanol–water partition coefficient (Wildman–Crippen LogP) is 3.09. The molecular formula is C19H20N2O3. The Labute approximate surface area is 140 Å². The lowest BCUT2D eigenvalue weighted by atomic mass is 9.87. The van der Waals surface area contributed by atoms with Gasteiger partial charge in [-0.1, -0.05) is 19.8 Å². The first-order valence-electron chi connectivity index (χ1n) is 8.30. The molecule has 124 valence electrons. The molecule has 4 rings (SSSR count). The second kappa shape index (κ2) is 5.35. The fourth-order valence-corrected chi connectivity index (χ4v) is 3.20. The quantitative estimate of drug-likeness (QED) is 0.862. The van der Waals surface area contributed by atoms with E-state index in [1.807, 2.05) is 0 Å². The molecular weight excluding hydrogens is 304 g/mol. The van der Waals surface area contributed by atoms with E-state index < -0.39 is 5.97 Å². The lowest BCUT2D eigenvalue weighted by Gasteiger charge is -2.27. The third-order valence-corrected chi connectivity index (χ3v) is 4.87. The second-order valence-electron chi connectivity index (χ2n) is 7.38. The molecule has 1 saturated heterocycles. The standard InChI is InChI=1S/C19H20N2O3/c1-19(2)11-24-10-16(19)21-15-9-13(18(22)23)6-7-14(15)20-17(21)8-5-12-3-4-12/h6-7,9,12,16H,3-4,10-11H2,1-2H3,(H,22,23). The van der Waals surface area contributed by atoms with Crippen molar-refractivity contribution in [2.45, 2.75) is 32.7 Å². The minimum atomic E-state index is -0.933. The van der Waals surface area contributed by atoms with Crippen LogP contribution in [0.5, 0.6) is 0 Å². The summed E-state index contributed by atoms with van der Waals surface area (Å²) in [6.45, 7) is 5.59. The molecule has 2 aliphatic rings. The number of carboxylic acid groups (broad SMARTS) is 1. The van der Waals surface area contributed by atoms with Gasteiger partial charge in [-0.15, -0.1) is 0 Å². The maximum absolute atomic E-state index is 11.4. The van der Waals surface area contributed by atoms with Crippen molar-refractivity contribution in [1.82, 2.24) is 9.55 Å². The Morgan fingerprint density at radius 1 is 1.42 bits per heavy atom. The molecule has 24 heavy (non-hydrogen) atoms. The minimum Gasteiger partial charge on any atom is -0.478 e. The van der Waals surface area contributed by atoms with Crippen LogP contribution in [0.2, 0.25) is 0 Å². The predicted molar refractivity (Wildman–Crippen MR) is 89.9 cm³/mol. The summed E-state index contributed by atoms with van der Waals surface area (Å²) in [4.78, 5) is 16.0. The van der Waals surface area contributed by atoms with Crippen LogP contribution in [0.15, 0.2) is 18.2 Å². The first-order valence-corrected chi connectivity index (χ1v) is 8.30. The van der Waals surface area contributed by atoms with Crippen LogP contribution in [-0.4, -0.2) is 33.8 Å². The van der Waals surface area contributed by atoms with Gasteiger partial charge in [-0.2, -0.15) is 0 Å². The van der Waals surface area contributed by atoms with Crippen molar-refractivity contribution < 1.29 is 14.6 Å². The van der Waals surface area contributed by atoms with E-state index in [-0.39, 0.29) is 17.0 Å². The molecule has 5 heteroatoms. The van der Waals surface area contributed by atoms with Gasteiger partial charge in [0.25, 0.3) is 0 Å². The molecule has 1 saturated carbocycles. The largest absolute Gasteiger partial charge is 0.478 e. The lowest BCUT2D eigenvalue weighted by Crippen LogP contribution is -2.26. The molecule has 2 fully saturated rings. The van der Waals surface area contributed by atoms with Crippen LogP contribution in [0, 0.1) is 23.2 Å². The van der Waals surface area contributed by atoms with Gasteiger partial charge in [0, 0.05) is 11.3 Å². The third kappa shape index (κ3) is 2.57. The number of aromatic nitrogens is 2. The molecule has 2 aromatic rings. The molecule has 1 aliphatic heterocycles. The summed E-state index contributed by atoms with van der Waals surface area (Å²) >= 11 is 0. The van der Waals surface area contributed by atoms with Gasteiger partial charge < -0.3 is 14.4 Å². The highest BCUT2D eigenvalue weighted by Gasteiger charge is 2.39. The van der Waals surface area contributed by atoms with E-state index in [1.54, 1.807) is 18.2 Å². The van der Waals surface area contributed by atoms with E-state index in [9.17, 15) is 9.90 Å². The summed E-state index contributed by atoms with van der Waals surface area (Å²) in [7, 11) is 0. The Bertz CT molecular complexity index is 881. The maximum atomic E-state index is 11.4. The Balaban J connectivity index is 1.91. The normalized spacial score (nSPS) is 22.3. The molecule has 5 nitrogen and oxygen atoms in total. The fraction of sp³-hybridized carbons (Fsp3) is 0.474. The van der Waals surface area contributed by atoms with Gasteiger partial charge in [-0.3, -0.25) is 0 Å². The van der Waals surface area contributed by atoms with E-state index in [1.165, 1.54) is 0 Å². The summed E-state index contributed by atoms with van der Waals surface area (Å²) in [5.74, 6) is 6.76. The highest BCUT2D eigenvalue weighted by molar-refractivity contribution is 5.92. The number of benzene rings is 1. The number of ether oxygens (including phenoxy) is 1. The Morgan fingerprint density at radius 2 is 2.21 bits per heavy atom. The summed E-state index contributed by atoms with van der Waals surface area (Å²) in [6, 6.07) is 5.15. The molecule has 0 radical (unpaired) electrons. The van der Waals surface area contributed by atoms with Gasteiger partial charge in [0.15, 0.2) is 5.82 Å². The number of carbonyl (C=O) groups is 1. The molecule has 1 aliphatic carbocycles. The van der Waals surface area contributed by atoms with Crippen molar-refractivity contribution in [3.63, 3.8) is 0 Å². The van der Waals surface area contributed by atoms with Gasteiger partial charge in [-0.25, -0.2) is 9.78 Å². The topological polar surface area (TPSA) is 64.4 Å². The van der Waals surface area contributed by atoms with Crippen molar-refractivity contribution in [2.75, 3.05) is 13.2 Å². The van der Waals surface area contributed by atoms with Gasteiger partial charge >= 0.3 is 5.97 Å². The van der Waals surface area contributed by atoms with Crippen molar-refractivity contribution in [3.8, 4) is 11.8 Å². The van der Waals surface area contributed by atoms with Gasteiger partial charge in [0.1, 0.15) is 0 Å². The Hall–Kier alpha value is -2.32. The average molecular weight is 324 g/mol. The van der Waals surface area contributed by atoms with Crippen LogP contribution in [0.4, 0.5) is 0 Å². The zero-order valence-electron chi connectivity index (χ0n) is 13.9. The second-order valence-corrected chi connectivity index (χ2v) is 7.38. The van der Waals surface area contributed by atoms with Crippen LogP contribution in [-0.2, 0) is 4.74 Å². The maximum Gasteiger partial charge on any atom is 0.335 e. The Kier molecular flexibility index (Phi) is 3.40. The van der Waals surface area contributed by atoms with Gasteiger partial charge in [0.2, 0.25) is 0 Å². The third-order valence-electron chi connectivity index (χ3n) is 4.87. The summed E-state index contributed by atoms with van der Waals surface area (Å²) in [6.07, 6.45) is 2.32. The van der Waals surface area contributed by atoms with Crippen LogP contribution in [0.3, 0.4) is 0 Å². The van der Waals surface area contributed by atoms with Crippen molar-refractivity contribution in [3.05, 3.63) is 29.6 Å². The van der Waals surface area contributed by atoms with Gasteiger partial charge in [0.05, 0.1) is 35.9 Å². The highest BCUT2D eigenvalue weighted by Crippen LogP contribution is 2.40. The van der Waals surface area contributed by atoms with E-state index in [4.69, 9.17) is 4.74 Å². The number of nitrogens with zero attached hydrogens (tertiary/aromatic N) is 2. The number of rotatable bonds is 2. The zero-order valence-corrected chi connectivity index (χ0v) is 13.9. The summed E-state index contributed by atoms with van der Waals surface area (Å²) in [5, 5.41) is 9.31. The molecule has 1 unspecified atom stereocenters. The van der Waals surface area contributed by atoms with Crippen LogP contribution < -0.4 is 0 Å². The number of imidazole rings is 1. The lowest BCUT2D eigenvalue weighted by molar-refractivity contribution is 0.0697. The van der Waals surface area contributed by atoms with E-state index in [2.05, 4.69) is 35.2 Å². The van der Waals surface area contributed by atoms with Crippen LogP contribution >= 0.6 is 0 Å². The van der Waals surface area contributed by atoms with Gasteiger partial charge in [-0.05, 0) is 37.0 Å². The molecule has 0 bridgehead atoms. The molecule has 2 heterocycles. The van der Waals surface area contributed by atoms with E-state index in [0.29, 0.717) is 25.0 Å². The summed E-state index contributed by atoms with van der Waals surface area (Å²) in [5.41, 5.74) is 1.81. The van der Waals surface area contributed by atoms with E-state index >= 15 is 0 Å². The average Bonchev–Trinajstić information content (AvgIpc) is 3.20. The number of carboxylic acids is 1. The van der Waals surface area contributed by atoms with Crippen molar-refractivity contribution in [2.24, 2.45) is 11.3 Å². The SMILES string of the molecule is CC1(C)COCC1n1c(C#CC2CC2)nc2ccc(C(=O)O)cc21. The monoisotopic (exact) mass is 324 g/mol. The first-order chi connectivity index (χ1) is 11.5. The zero-order chi connectivity index (χ0) is 16.9. The summed E-state index contributed by atoms with van der Waals surface area (Å²) < 4.78 is 7.79. The highest BCUT2D eigenvalue weighted by atomic mass is 16.5. The number of aromatic carboxylic acids is 1. The Morgan fingerprint density at radius 3 is 2.83 bits per heavy atom. The first kappa shape index (κ1) is 15.2. The number of hydrogen-bond acceptors (Lipinski definition) is 3. The van der Waals surface area contributed by atoms with Crippen molar-refractivity contribution in [1.29, 1.82) is 0 Å².